The lowest BCUT2D eigenvalue weighted by Gasteiger charge is -2.40. The Hall–Kier alpha value is -0.380. The summed E-state index contributed by atoms with van der Waals surface area (Å²) in [5.74, 6) is 0. The molecular formula is C12H22O3. The van der Waals surface area contributed by atoms with Gasteiger partial charge < -0.3 is 14.6 Å². The Labute approximate surface area is 92.1 Å². The average molecular weight is 214 g/mol. The molecule has 0 spiro atoms. The molecule has 1 rings (SSSR count). The van der Waals surface area contributed by atoms with Crippen LogP contribution in [0.5, 0.6) is 0 Å². The van der Waals surface area contributed by atoms with Crippen LogP contribution in [0.25, 0.3) is 0 Å². The van der Waals surface area contributed by atoms with Crippen LogP contribution in [-0.2, 0) is 9.47 Å². The minimum Gasteiger partial charge on any atom is -0.390 e. The fourth-order valence-electron chi connectivity index (χ4n) is 2.09. The summed E-state index contributed by atoms with van der Waals surface area (Å²) in [6.07, 6.45) is 1.70. The largest absolute Gasteiger partial charge is 0.390 e. The summed E-state index contributed by atoms with van der Waals surface area (Å²) in [4.78, 5) is 0. The lowest BCUT2D eigenvalue weighted by atomic mass is 9.85. The zero-order valence-corrected chi connectivity index (χ0v) is 9.79. The zero-order valence-electron chi connectivity index (χ0n) is 9.79. The van der Waals surface area contributed by atoms with Crippen molar-refractivity contribution in [2.24, 2.45) is 0 Å². The molecule has 1 atom stereocenters. The monoisotopic (exact) mass is 214 g/mol. The van der Waals surface area contributed by atoms with Crippen LogP contribution < -0.4 is 0 Å². The molecule has 0 aromatic rings. The first-order valence-electron chi connectivity index (χ1n) is 5.65. The van der Waals surface area contributed by atoms with Crippen LogP contribution in [0, 0.1) is 0 Å². The van der Waals surface area contributed by atoms with Crippen LogP contribution in [0.15, 0.2) is 12.2 Å². The molecule has 1 unspecified atom stereocenters. The summed E-state index contributed by atoms with van der Waals surface area (Å²) >= 11 is 0. The number of aliphatic hydroxyl groups is 1. The predicted molar refractivity (Wildman–Crippen MR) is 59.8 cm³/mol. The molecule has 1 heterocycles. The fourth-order valence-corrected chi connectivity index (χ4v) is 2.09. The second-order valence-corrected chi connectivity index (χ2v) is 4.29. The van der Waals surface area contributed by atoms with Gasteiger partial charge in [0.25, 0.3) is 0 Å². The molecule has 88 valence electrons. The lowest BCUT2D eigenvalue weighted by molar-refractivity contribution is -0.165. The van der Waals surface area contributed by atoms with Crippen molar-refractivity contribution in [3.8, 4) is 0 Å². The van der Waals surface area contributed by atoms with E-state index in [4.69, 9.17) is 9.47 Å². The maximum absolute atomic E-state index is 10.2. The molecule has 1 aliphatic rings. The maximum atomic E-state index is 10.2. The van der Waals surface area contributed by atoms with Crippen molar-refractivity contribution in [3.05, 3.63) is 12.2 Å². The van der Waals surface area contributed by atoms with Crippen LogP contribution in [-0.4, -0.2) is 36.6 Å². The molecule has 0 aromatic heterocycles. The summed E-state index contributed by atoms with van der Waals surface area (Å²) < 4.78 is 11.1. The van der Waals surface area contributed by atoms with E-state index in [0.29, 0.717) is 26.2 Å². The molecule has 3 nitrogen and oxygen atoms in total. The van der Waals surface area contributed by atoms with E-state index in [1.54, 1.807) is 0 Å². The Morgan fingerprint density at radius 2 is 2.13 bits per heavy atom. The molecule has 3 heteroatoms. The van der Waals surface area contributed by atoms with Gasteiger partial charge in [-0.1, -0.05) is 5.57 Å². The molecule has 0 radical (unpaired) electrons. The van der Waals surface area contributed by atoms with Crippen LogP contribution in [0.1, 0.15) is 33.1 Å². The fraction of sp³-hybridized carbons (Fsp3) is 0.833. The highest BCUT2D eigenvalue weighted by Crippen LogP contribution is 2.31. The maximum Gasteiger partial charge on any atom is 0.0986 e. The number of ether oxygens (including phenoxy) is 2. The molecule has 0 aromatic carbocycles. The minimum atomic E-state index is -0.459. The van der Waals surface area contributed by atoms with Crippen molar-refractivity contribution in [3.63, 3.8) is 0 Å². The summed E-state index contributed by atoms with van der Waals surface area (Å²) in [5, 5.41) is 10.2. The van der Waals surface area contributed by atoms with E-state index in [9.17, 15) is 5.11 Å². The second kappa shape index (κ2) is 5.64. The Morgan fingerprint density at radius 1 is 1.53 bits per heavy atom. The van der Waals surface area contributed by atoms with Gasteiger partial charge in [0.2, 0.25) is 0 Å². The van der Waals surface area contributed by atoms with E-state index < -0.39 is 11.7 Å². The van der Waals surface area contributed by atoms with E-state index in [1.807, 2.05) is 13.8 Å². The van der Waals surface area contributed by atoms with E-state index in [2.05, 4.69) is 6.58 Å². The second-order valence-electron chi connectivity index (χ2n) is 4.29. The third-order valence-corrected chi connectivity index (χ3v) is 2.92. The summed E-state index contributed by atoms with van der Waals surface area (Å²) in [7, 11) is 0. The van der Waals surface area contributed by atoms with E-state index in [-0.39, 0.29) is 0 Å². The first-order valence-corrected chi connectivity index (χ1v) is 5.65. The van der Waals surface area contributed by atoms with Gasteiger partial charge >= 0.3 is 0 Å². The highest BCUT2D eigenvalue weighted by molar-refractivity contribution is 4.99. The third kappa shape index (κ3) is 3.30. The molecule has 1 fully saturated rings. The lowest BCUT2D eigenvalue weighted by Crippen LogP contribution is -2.49. The van der Waals surface area contributed by atoms with Crippen molar-refractivity contribution in [1.82, 2.24) is 0 Å². The van der Waals surface area contributed by atoms with Gasteiger partial charge in [0.15, 0.2) is 0 Å². The Kier molecular flexibility index (Phi) is 4.77. The van der Waals surface area contributed by atoms with Gasteiger partial charge in [0.1, 0.15) is 0 Å². The standard InChI is InChI=1S/C12H22O3/c1-4-15-12(5-7-14-8-6-12)11(13)9-10(2)3/h11,13H,2,4-9H2,1,3H3. The molecule has 1 aliphatic heterocycles. The van der Waals surface area contributed by atoms with Crippen molar-refractivity contribution < 1.29 is 14.6 Å². The van der Waals surface area contributed by atoms with Gasteiger partial charge in [-0.2, -0.15) is 0 Å². The normalized spacial score (nSPS) is 22.3. The SMILES string of the molecule is C=C(C)CC(O)C1(OCC)CCOCC1. The zero-order chi connectivity index (χ0) is 11.3. The van der Waals surface area contributed by atoms with Crippen molar-refractivity contribution in [2.45, 2.75) is 44.8 Å². The summed E-state index contributed by atoms with van der Waals surface area (Å²) in [5.41, 5.74) is 0.583. The van der Waals surface area contributed by atoms with Crippen LogP contribution >= 0.6 is 0 Å². The highest BCUT2D eigenvalue weighted by atomic mass is 16.5. The molecule has 1 N–H and O–H groups in total. The van der Waals surface area contributed by atoms with E-state index >= 15 is 0 Å². The smallest absolute Gasteiger partial charge is 0.0986 e. The summed E-state index contributed by atoms with van der Waals surface area (Å²) in [6, 6.07) is 0. The van der Waals surface area contributed by atoms with Gasteiger partial charge in [0.05, 0.1) is 11.7 Å². The minimum absolute atomic E-state index is 0.411. The number of hydrogen-bond acceptors (Lipinski definition) is 3. The first kappa shape index (κ1) is 12.7. The molecule has 0 bridgehead atoms. The van der Waals surface area contributed by atoms with Gasteiger partial charge in [-0.15, -0.1) is 6.58 Å². The topological polar surface area (TPSA) is 38.7 Å². The van der Waals surface area contributed by atoms with Crippen molar-refractivity contribution in [1.29, 1.82) is 0 Å². The molecule has 0 aliphatic carbocycles. The Morgan fingerprint density at radius 3 is 2.60 bits per heavy atom. The predicted octanol–water partition coefficient (Wildman–Crippen LogP) is 1.90. The number of hydrogen-bond donors (Lipinski definition) is 1. The Balaban J connectivity index is 2.65. The van der Waals surface area contributed by atoms with E-state index in [1.165, 1.54) is 0 Å². The van der Waals surface area contributed by atoms with Gasteiger partial charge in [-0.3, -0.25) is 0 Å². The highest BCUT2D eigenvalue weighted by Gasteiger charge is 2.40. The molecule has 0 saturated carbocycles. The third-order valence-electron chi connectivity index (χ3n) is 2.92. The number of rotatable bonds is 5. The van der Waals surface area contributed by atoms with E-state index in [0.717, 1.165) is 18.4 Å². The summed E-state index contributed by atoms with van der Waals surface area (Å²) in [6.45, 7) is 9.71. The van der Waals surface area contributed by atoms with Crippen molar-refractivity contribution in [2.75, 3.05) is 19.8 Å². The van der Waals surface area contributed by atoms with Gasteiger partial charge in [-0.05, 0) is 20.3 Å². The van der Waals surface area contributed by atoms with Gasteiger partial charge in [-0.25, -0.2) is 0 Å². The van der Waals surface area contributed by atoms with Gasteiger partial charge in [0, 0.05) is 32.7 Å². The molecule has 0 amide bonds. The number of aliphatic hydroxyl groups excluding tert-OH is 1. The van der Waals surface area contributed by atoms with Crippen LogP contribution in [0.2, 0.25) is 0 Å². The van der Waals surface area contributed by atoms with Crippen LogP contribution in [0.4, 0.5) is 0 Å². The molecule has 1 saturated heterocycles. The quantitative estimate of drug-likeness (QED) is 0.710. The molecule has 15 heavy (non-hydrogen) atoms. The van der Waals surface area contributed by atoms with Crippen LogP contribution in [0.3, 0.4) is 0 Å². The Bertz CT molecular complexity index is 201. The van der Waals surface area contributed by atoms with Crippen molar-refractivity contribution >= 4 is 0 Å². The average Bonchev–Trinajstić information content (AvgIpc) is 2.18. The molecular weight excluding hydrogens is 192 g/mol. The first-order chi connectivity index (χ1) is 7.10.